The van der Waals surface area contributed by atoms with Crippen molar-refractivity contribution in [1.29, 1.82) is 0 Å². The highest BCUT2D eigenvalue weighted by molar-refractivity contribution is 5.91. The molecule has 21 heavy (non-hydrogen) atoms. The van der Waals surface area contributed by atoms with E-state index >= 15 is 0 Å². The SMILES string of the molecule is O=C(OC(C(F)(F)F)C(F)(F)F)c1ccc2c(c1)NCC2. The van der Waals surface area contributed by atoms with E-state index in [1.807, 2.05) is 0 Å². The fourth-order valence-corrected chi connectivity index (χ4v) is 1.91. The lowest BCUT2D eigenvalue weighted by atomic mass is 10.1. The normalized spacial score (nSPS) is 14.8. The van der Waals surface area contributed by atoms with Crippen molar-refractivity contribution in [3.05, 3.63) is 29.3 Å². The Morgan fingerprint density at radius 2 is 1.76 bits per heavy atom. The lowest BCUT2D eigenvalue weighted by Crippen LogP contribution is -2.45. The van der Waals surface area contributed by atoms with Crippen molar-refractivity contribution in [3.8, 4) is 0 Å². The largest absolute Gasteiger partial charge is 0.439 e. The van der Waals surface area contributed by atoms with E-state index in [9.17, 15) is 31.1 Å². The zero-order valence-corrected chi connectivity index (χ0v) is 10.3. The van der Waals surface area contributed by atoms with Crippen LogP contribution in [0.25, 0.3) is 0 Å². The number of esters is 1. The molecule has 116 valence electrons. The van der Waals surface area contributed by atoms with E-state index in [1.165, 1.54) is 12.1 Å². The maximum Gasteiger partial charge on any atom is 0.434 e. The summed E-state index contributed by atoms with van der Waals surface area (Å²) >= 11 is 0. The Morgan fingerprint density at radius 1 is 1.14 bits per heavy atom. The third-order valence-corrected chi connectivity index (χ3v) is 2.87. The van der Waals surface area contributed by atoms with Gasteiger partial charge in [0.25, 0.3) is 6.10 Å². The van der Waals surface area contributed by atoms with Crippen LogP contribution in [0.15, 0.2) is 18.2 Å². The van der Waals surface area contributed by atoms with Crippen LogP contribution in [0.5, 0.6) is 0 Å². The van der Waals surface area contributed by atoms with Crippen LogP contribution in [0.1, 0.15) is 15.9 Å². The molecule has 0 amide bonds. The summed E-state index contributed by atoms with van der Waals surface area (Å²) in [4.78, 5) is 11.5. The molecule has 1 aromatic rings. The minimum atomic E-state index is -5.72. The summed E-state index contributed by atoms with van der Waals surface area (Å²) in [6, 6.07) is 3.77. The molecule has 1 aliphatic heterocycles. The van der Waals surface area contributed by atoms with E-state index in [0.29, 0.717) is 18.7 Å². The van der Waals surface area contributed by atoms with E-state index in [0.717, 1.165) is 11.6 Å². The zero-order valence-electron chi connectivity index (χ0n) is 10.3. The zero-order chi connectivity index (χ0) is 15.8. The minimum absolute atomic E-state index is 0.373. The smallest absolute Gasteiger partial charge is 0.434 e. The Morgan fingerprint density at radius 3 is 2.33 bits per heavy atom. The van der Waals surface area contributed by atoms with E-state index in [4.69, 9.17) is 0 Å². The molecule has 0 bridgehead atoms. The first-order valence-corrected chi connectivity index (χ1v) is 5.80. The summed E-state index contributed by atoms with van der Waals surface area (Å²) in [6.45, 7) is 0.585. The van der Waals surface area contributed by atoms with Gasteiger partial charge in [-0.1, -0.05) is 6.07 Å². The molecule has 1 aromatic carbocycles. The Balaban J connectivity index is 2.20. The molecule has 0 spiro atoms. The van der Waals surface area contributed by atoms with Crippen LogP contribution >= 0.6 is 0 Å². The average molecular weight is 313 g/mol. The molecule has 0 atom stereocenters. The molecule has 0 fully saturated rings. The second kappa shape index (κ2) is 5.12. The summed E-state index contributed by atoms with van der Waals surface area (Å²) in [6.07, 6.45) is -14.9. The van der Waals surface area contributed by atoms with E-state index in [-0.39, 0.29) is 5.56 Å². The third-order valence-electron chi connectivity index (χ3n) is 2.87. The second-order valence-electron chi connectivity index (χ2n) is 4.42. The number of halogens is 6. The molecule has 0 unspecified atom stereocenters. The Kier molecular flexibility index (Phi) is 3.77. The van der Waals surface area contributed by atoms with Gasteiger partial charge in [0, 0.05) is 12.2 Å². The van der Waals surface area contributed by atoms with Crippen molar-refractivity contribution in [1.82, 2.24) is 0 Å². The van der Waals surface area contributed by atoms with Gasteiger partial charge >= 0.3 is 18.3 Å². The van der Waals surface area contributed by atoms with Crippen LogP contribution in [0.2, 0.25) is 0 Å². The van der Waals surface area contributed by atoms with Gasteiger partial charge in [0.05, 0.1) is 5.56 Å². The number of ether oxygens (including phenoxy) is 1. The van der Waals surface area contributed by atoms with Crippen molar-refractivity contribution in [3.63, 3.8) is 0 Å². The van der Waals surface area contributed by atoms with Gasteiger partial charge in [0.1, 0.15) is 0 Å². The van der Waals surface area contributed by atoms with E-state index in [2.05, 4.69) is 10.1 Å². The van der Waals surface area contributed by atoms with Crippen molar-refractivity contribution in [2.24, 2.45) is 0 Å². The van der Waals surface area contributed by atoms with Crippen LogP contribution in [-0.2, 0) is 11.2 Å². The predicted molar refractivity (Wildman–Crippen MR) is 59.9 cm³/mol. The predicted octanol–water partition coefficient (Wildman–Crippen LogP) is 3.30. The highest BCUT2D eigenvalue weighted by atomic mass is 19.4. The van der Waals surface area contributed by atoms with Gasteiger partial charge in [-0.05, 0) is 24.1 Å². The molecule has 0 radical (unpaired) electrons. The van der Waals surface area contributed by atoms with Gasteiger partial charge in [-0.15, -0.1) is 0 Å². The lowest BCUT2D eigenvalue weighted by molar-refractivity contribution is -0.307. The lowest BCUT2D eigenvalue weighted by Gasteiger charge is -2.22. The topological polar surface area (TPSA) is 38.3 Å². The molecule has 2 rings (SSSR count). The number of alkyl halides is 6. The monoisotopic (exact) mass is 313 g/mol. The van der Waals surface area contributed by atoms with Gasteiger partial charge in [-0.2, -0.15) is 26.3 Å². The van der Waals surface area contributed by atoms with Gasteiger partial charge in [-0.3, -0.25) is 0 Å². The van der Waals surface area contributed by atoms with Crippen molar-refractivity contribution >= 4 is 11.7 Å². The Hall–Kier alpha value is -1.93. The Labute approximate surface area is 114 Å². The van der Waals surface area contributed by atoms with E-state index < -0.39 is 24.4 Å². The van der Waals surface area contributed by atoms with Gasteiger partial charge < -0.3 is 10.1 Å². The number of benzene rings is 1. The fourth-order valence-electron chi connectivity index (χ4n) is 1.91. The maximum absolute atomic E-state index is 12.3. The van der Waals surface area contributed by atoms with E-state index in [1.54, 1.807) is 0 Å². The first kappa shape index (κ1) is 15.5. The molecular formula is C12H9F6NO2. The summed E-state index contributed by atoms with van der Waals surface area (Å²) in [7, 11) is 0. The summed E-state index contributed by atoms with van der Waals surface area (Å²) in [5.41, 5.74) is 0.955. The molecule has 0 aromatic heterocycles. The van der Waals surface area contributed by atoms with Crippen LogP contribution in [0.3, 0.4) is 0 Å². The molecule has 0 saturated heterocycles. The van der Waals surface area contributed by atoms with Crippen molar-refractivity contribution < 1.29 is 35.9 Å². The summed E-state index contributed by atoms with van der Waals surface area (Å²) < 4.78 is 77.4. The average Bonchev–Trinajstić information content (AvgIpc) is 2.79. The molecule has 3 nitrogen and oxygen atoms in total. The number of anilines is 1. The molecule has 1 heterocycles. The molecule has 9 heteroatoms. The number of nitrogens with one attached hydrogen (secondary N) is 1. The van der Waals surface area contributed by atoms with Crippen LogP contribution < -0.4 is 5.32 Å². The number of hydrogen-bond acceptors (Lipinski definition) is 3. The molecule has 1 aliphatic rings. The Bertz CT molecular complexity index is 538. The van der Waals surface area contributed by atoms with Gasteiger partial charge in [-0.25, -0.2) is 4.79 Å². The number of rotatable bonds is 2. The molecule has 0 aliphatic carbocycles. The highest BCUT2D eigenvalue weighted by Gasteiger charge is 2.59. The first-order valence-electron chi connectivity index (χ1n) is 5.80. The fraction of sp³-hybridized carbons (Fsp3) is 0.417. The second-order valence-corrected chi connectivity index (χ2v) is 4.42. The number of hydrogen-bond donors (Lipinski definition) is 1. The van der Waals surface area contributed by atoms with Crippen LogP contribution in [-0.4, -0.2) is 31.0 Å². The maximum atomic E-state index is 12.3. The van der Waals surface area contributed by atoms with Crippen LogP contribution in [0.4, 0.5) is 32.0 Å². The minimum Gasteiger partial charge on any atom is -0.439 e. The van der Waals surface area contributed by atoms with Crippen molar-refractivity contribution in [2.75, 3.05) is 11.9 Å². The number of fused-ring (bicyclic) bond motifs is 1. The third kappa shape index (κ3) is 3.40. The van der Waals surface area contributed by atoms with Crippen LogP contribution in [0, 0.1) is 0 Å². The quantitative estimate of drug-likeness (QED) is 0.672. The van der Waals surface area contributed by atoms with Gasteiger partial charge in [0.15, 0.2) is 0 Å². The van der Waals surface area contributed by atoms with Crippen molar-refractivity contribution in [2.45, 2.75) is 24.9 Å². The molecule has 1 N–H and O–H groups in total. The molecular weight excluding hydrogens is 304 g/mol. The summed E-state index contributed by atoms with van der Waals surface area (Å²) in [5.74, 6) is -1.67. The van der Waals surface area contributed by atoms with Gasteiger partial charge in [0.2, 0.25) is 0 Å². The number of carbonyl (C=O) groups is 1. The first-order chi connectivity index (χ1) is 9.59. The number of carbonyl (C=O) groups excluding carboxylic acids is 1. The summed E-state index contributed by atoms with van der Waals surface area (Å²) in [5, 5.41) is 2.86. The highest BCUT2D eigenvalue weighted by Crippen LogP contribution is 2.36. The standard InChI is InChI=1S/C12H9F6NO2/c13-11(14,15)10(12(16,17)18)21-9(20)7-2-1-6-3-4-19-8(6)5-7/h1-2,5,10,19H,3-4H2. The molecule has 0 saturated carbocycles.